The average Bonchev–Trinajstić information content (AvgIpc) is 2.87. The summed E-state index contributed by atoms with van der Waals surface area (Å²) in [5.74, 6) is 0. The van der Waals surface area contributed by atoms with Gasteiger partial charge in [0.05, 0.1) is 24.7 Å². The molecule has 4 atom stereocenters. The van der Waals surface area contributed by atoms with Crippen LogP contribution in [-0.4, -0.2) is 58.7 Å². The van der Waals surface area contributed by atoms with E-state index in [0.29, 0.717) is 12.8 Å². The Bertz CT molecular complexity index is 500. The highest BCUT2D eigenvalue weighted by Gasteiger charge is 2.32. The smallest absolute Gasteiger partial charge is 0.264 e. The summed E-state index contributed by atoms with van der Waals surface area (Å²) in [6.45, 7) is 0. The third-order valence-corrected chi connectivity index (χ3v) is 4.98. The van der Waals surface area contributed by atoms with Crippen molar-refractivity contribution >= 4 is 20.1 Å². The minimum absolute atomic E-state index is 0.0694. The predicted molar refractivity (Wildman–Crippen MR) is 83.2 cm³/mol. The lowest BCUT2D eigenvalue weighted by Gasteiger charge is -2.18. The highest BCUT2D eigenvalue weighted by Crippen LogP contribution is 2.23. The molecular formula is C12H26N2O6S2. The molecule has 0 heterocycles. The van der Waals surface area contributed by atoms with E-state index in [1.165, 1.54) is 0 Å². The molecule has 22 heavy (non-hydrogen) atoms. The molecule has 4 N–H and O–H groups in total. The summed E-state index contributed by atoms with van der Waals surface area (Å²) in [5.41, 5.74) is 5.43. The fraction of sp³-hybridized carbons (Fsp3) is 1.00. The molecule has 10 heteroatoms. The van der Waals surface area contributed by atoms with Gasteiger partial charge in [-0.2, -0.15) is 8.42 Å². The maximum absolute atomic E-state index is 11.0. The van der Waals surface area contributed by atoms with Crippen molar-refractivity contribution in [2.45, 2.75) is 62.8 Å². The molecule has 0 bridgehead atoms. The van der Waals surface area contributed by atoms with E-state index in [-0.39, 0.29) is 12.1 Å². The van der Waals surface area contributed by atoms with E-state index in [1.807, 2.05) is 0 Å². The number of aliphatic hydroxyl groups excluding tert-OH is 1. The van der Waals surface area contributed by atoms with Gasteiger partial charge < -0.3 is 10.8 Å². The number of nitrogens with one attached hydrogen (secondary N) is 1. The molecule has 0 unspecified atom stereocenters. The number of aliphatic hydroxyl groups is 1. The maximum atomic E-state index is 11.0. The largest absolute Gasteiger partial charge is 0.392 e. The highest BCUT2D eigenvalue weighted by molar-refractivity contribution is 7.88. The predicted octanol–water partition coefficient (Wildman–Crippen LogP) is -0.709. The van der Waals surface area contributed by atoms with Crippen LogP contribution in [0.15, 0.2) is 0 Å². The van der Waals surface area contributed by atoms with Crippen molar-refractivity contribution in [2.75, 3.05) is 12.5 Å². The molecule has 2 aliphatic rings. The minimum atomic E-state index is -3.53. The third-order valence-electron chi connectivity index (χ3n) is 3.65. The van der Waals surface area contributed by atoms with Gasteiger partial charge in [0.1, 0.15) is 0 Å². The lowest BCUT2D eigenvalue weighted by molar-refractivity contribution is 0.165. The molecule has 2 fully saturated rings. The van der Waals surface area contributed by atoms with E-state index in [1.54, 1.807) is 0 Å². The normalized spacial score (nSPS) is 32.5. The fourth-order valence-corrected chi connectivity index (χ4v) is 4.14. The van der Waals surface area contributed by atoms with Crippen LogP contribution in [0.3, 0.4) is 0 Å². The maximum Gasteiger partial charge on any atom is 0.264 e. The van der Waals surface area contributed by atoms with E-state index >= 15 is 0 Å². The van der Waals surface area contributed by atoms with Gasteiger partial charge in [0.25, 0.3) is 10.1 Å². The molecule has 2 saturated carbocycles. The highest BCUT2D eigenvalue weighted by atomic mass is 32.2. The Morgan fingerprint density at radius 2 is 1.64 bits per heavy atom. The molecule has 132 valence electrons. The van der Waals surface area contributed by atoms with Crippen LogP contribution in [0.25, 0.3) is 0 Å². The fourth-order valence-electron chi connectivity index (χ4n) is 2.64. The number of nitrogens with two attached hydrogens (primary N) is 1. The van der Waals surface area contributed by atoms with Crippen LogP contribution in [0.1, 0.15) is 38.5 Å². The van der Waals surface area contributed by atoms with E-state index < -0.39 is 32.3 Å². The van der Waals surface area contributed by atoms with Crippen molar-refractivity contribution in [3.8, 4) is 0 Å². The quantitative estimate of drug-likeness (QED) is 0.565. The zero-order valence-electron chi connectivity index (χ0n) is 12.9. The second-order valence-electron chi connectivity index (χ2n) is 5.93. The summed E-state index contributed by atoms with van der Waals surface area (Å²) in [6, 6.07) is -0.366. The van der Waals surface area contributed by atoms with Gasteiger partial charge in [-0.25, -0.2) is 13.1 Å². The summed E-state index contributed by atoms with van der Waals surface area (Å²) >= 11 is 0. The Labute approximate surface area is 132 Å². The zero-order chi connectivity index (χ0) is 17.0. The minimum Gasteiger partial charge on any atom is -0.392 e. The standard InChI is InChI=1S/C7H15NO5S2.C5H11NO/c1-14(9,10)8-6-4-3-5-7(6)13-15(2,11)12;6-4-2-1-3-5(4)7/h6-8H,3-5H2,1-2H3;4-5,7H,1-3,6H2/t6-,7+;4-,5+/m11/s1. The number of rotatable bonds is 4. The van der Waals surface area contributed by atoms with Crippen molar-refractivity contribution in [3.05, 3.63) is 0 Å². The van der Waals surface area contributed by atoms with Gasteiger partial charge in [0.2, 0.25) is 10.0 Å². The van der Waals surface area contributed by atoms with Gasteiger partial charge in [-0.05, 0) is 38.5 Å². The average molecular weight is 358 g/mol. The molecule has 0 aliphatic heterocycles. The summed E-state index contributed by atoms with van der Waals surface area (Å²) in [5, 5.41) is 8.87. The van der Waals surface area contributed by atoms with Gasteiger partial charge in [-0.3, -0.25) is 4.18 Å². The van der Waals surface area contributed by atoms with Crippen molar-refractivity contribution in [2.24, 2.45) is 5.73 Å². The third kappa shape index (κ3) is 7.84. The number of sulfonamides is 1. The Morgan fingerprint density at radius 1 is 1.05 bits per heavy atom. The molecule has 2 rings (SSSR count). The van der Waals surface area contributed by atoms with Crippen LogP contribution in [-0.2, 0) is 24.3 Å². The van der Waals surface area contributed by atoms with Gasteiger partial charge in [0.15, 0.2) is 0 Å². The molecule has 0 radical (unpaired) electrons. The monoisotopic (exact) mass is 358 g/mol. The molecule has 2 aliphatic carbocycles. The topological polar surface area (TPSA) is 136 Å². The van der Waals surface area contributed by atoms with Crippen LogP contribution in [0.5, 0.6) is 0 Å². The summed E-state index contributed by atoms with van der Waals surface area (Å²) in [6.07, 6.45) is 6.15. The van der Waals surface area contributed by atoms with Gasteiger partial charge >= 0.3 is 0 Å². The number of hydrogen-bond acceptors (Lipinski definition) is 7. The molecule has 0 amide bonds. The Kier molecular flexibility index (Phi) is 7.21. The molecule has 0 aromatic carbocycles. The van der Waals surface area contributed by atoms with Crippen molar-refractivity contribution in [3.63, 3.8) is 0 Å². The lowest BCUT2D eigenvalue weighted by Crippen LogP contribution is -2.41. The first-order chi connectivity index (χ1) is 9.98. The van der Waals surface area contributed by atoms with Crippen LogP contribution in [0.4, 0.5) is 0 Å². The summed E-state index contributed by atoms with van der Waals surface area (Å²) in [7, 11) is -6.85. The Morgan fingerprint density at radius 3 is 2.00 bits per heavy atom. The van der Waals surface area contributed by atoms with Crippen molar-refractivity contribution in [1.82, 2.24) is 4.72 Å². The Balaban J connectivity index is 0.000000287. The molecular weight excluding hydrogens is 332 g/mol. The summed E-state index contributed by atoms with van der Waals surface area (Å²) in [4.78, 5) is 0. The molecule has 0 aromatic rings. The molecule has 8 nitrogen and oxygen atoms in total. The van der Waals surface area contributed by atoms with Crippen molar-refractivity contribution < 1.29 is 26.1 Å². The first kappa shape index (κ1) is 19.8. The first-order valence-electron chi connectivity index (χ1n) is 7.27. The van der Waals surface area contributed by atoms with E-state index in [0.717, 1.165) is 38.2 Å². The second-order valence-corrected chi connectivity index (χ2v) is 9.31. The van der Waals surface area contributed by atoms with Crippen LogP contribution in [0.2, 0.25) is 0 Å². The zero-order valence-corrected chi connectivity index (χ0v) is 14.6. The second kappa shape index (κ2) is 8.02. The summed E-state index contributed by atoms with van der Waals surface area (Å²) < 4.78 is 50.9. The van der Waals surface area contributed by atoms with Crippen molar-refractivity contribution in [1.29, 1.82) is 0 Å². The van der Waals surface area contributed by atoms with E-state index in [2.05, 4.69) is 4.72 Å². The SMILES string of the molecule is CS(=O)(=O)N[C@@H]1CCC[C@@H]1OS(C)(=O)=O.N[C@@H]1CCC[C@@H]1O. The van der Waals surface area contributed by atoms with Crippen LogP contribution < -0.4 is 10.5 Å². The van der Waals surface area contributed by atoms with Crippen LogP contribution in [0, 0.1) is 0 Å². The molecule has 0 spiro atoms. The van der Waals surface area contributed by atoms with E-state index in [9.17, 15) is 16.8 Å². The first-order valence-corrected chi connectivity index (χ1v) is 11.0. The molecule has 0 saturated heterocycles. The van der Waals surface area contributed by atoms with Crippen LogP contribution >= 0.6 is 0 Å². The van der Waals surface area contributed by atoms with Gasteiger partial charge in [0, 0.05) is 12.1 Å². The van der Waals surface area contributed by atoms with Gasteiger partial charge in [-0.15, -0.1) is 0 Å². The lowest BCUT2D eigenvalue weighted by atomic mass is 10.2. The molecule has 0 aromatic heterocycles. The van der Waals surface area contributed by atoms with Gasteiger partial charge in [-0.1, -0.05) is 0 Å². The number of hydrogen-bond donors (Lipinski definition) is 3. The Hall–Kier alpha value is -0.260. The van der Waals surface area contributed by atoms with E-state index in [4.69, 9.17) is 15.0 Å².